The predicted molar refractivity (Wildman–Crippen MR) is 67.4 cm³/mol. The molecule has 1 amide bonds. The lowest BCUT2D eigenvalue weighted by Crippen LogP contribution is -2.10. The van der Waals surface area contributed by atoms with Crippen LogP contribution in [0.4, 0.5) is 5.69 Å². The summed E-state index contributed by atoms with van der Waals surface area (Å²) in [5, 5.41) is 2.72. The molecule has 0 unspecified atom stereocenters. The summed E-state index contributed by atoms with van der Waals surface area (Å²) in [6.45, 7) is 0. The lowest BCUT2D eigenvalue weighted by Gasteiger charge is -2.06. The highest BCUT2D eigenvalue weighted by atomic mass is 79.9. The van der Waals surface area contributed by atoms with Gasteiger partial charge in [0.1, 0.15) is 5.75 Å². The Morgan fingerprint density at radius 3 is 2.88 bits per heavy atom. The number of furan rings is 1. The van der Waals surface area contributed by atoms with Crippen molar-refractivity contribution in [2.24, 2.45) is 0 Å². The molecule has 1 aromatic heterocycles. The molecule has 4 nitrogen and oxygen atoms in total. The Balaban J connectivity index is 2.18. The van der Waals surface area contributed by atoms with Gasteiger partial charge in [0.05, 0.1) is 13.4 Å². The predicted octanol–water partition coefficient (Wildman–Crippen LogP) is 3.30. The fourth-order valence-electron chi connectivity index (χ4n) is 1.35. The van der Waals surface area contributed by atoms with Gasteiger partial charge in [-0.15, -0.1) is 0 Å². The molecular formula is C12H10BrNO3. The Labute approximate surface area is 107 Å². The van der Waals surface area contributed by atoms with Crippen LogP contribution in [0.15, 0.2) is 45.5 Å². The molecule has 2 rings (SSSR count). The second kappa shape index (κ2) is 5.05. The summed E-state index contributed by atoms with van der Waals surface area (Å²) in [5.41, 5.74) is 0.637. The zero-order chi connectivity index (χ0) is 12.3. The first-order chi connectivity index (χ1) is 8.19. The zero-order valence-corrected chi connectivity index (χ0v) is 10.7. The Hall–Kier alpha value is -1.75. The third-order valence-electron chi connectivity index (χ3n) is 2.11. The fourth-order valence-corrected chi connectivity index (χ4v) is 1.83. The third kappa shape index (κ3) is 2.88. The molecule has 0 aliphatic rings. The van der Waals surface area contributed by atoms with Gasteiger partial charge in [0, 0.05) is 16.2 Å². The van der Waals surface area contributed by atoms with Gasteiger partial charge in [-0.05, 0) is 24.3 Å². The van der Waals surface area contributed by atoms with E-state index in [1.54, 1.807) is 31.4 Å². The van der Waals surface area contributed by atoms with Crippen LogP contribution in [-0.2, 0) is 0 Å². The maximum Gasteiger partial charge on any atom is 0.291 e. The van der Waals surface area contributed by atoms with E-state index in [0.717, 1.165) is 4.47 Å². The van der Waals surface area contributed by atoms with Gasteiger partial charge in [-0.25, -0.2) is 0 Å². The average Bonchev–Trinajstić information content (AvgIpc) is 2.81. The van der Waals surface area contributed by atoms with Gasteiger partial charge < -0.3 is 14.5 Å². The van der Waals surface area contributed by atoms with Crippen LogP contribution in [0, 0.1) is 0 Å². The van der Waals surface area contributed by atoms with Crippen LogP contribution in [0.3, 0.4) is 0 Å². The smallest absolute Gasteiger partial charge is 0.291 e. The molecule has 0 spiro atoms. The summed E-state index contributed by atoms with van der Waals surface area (Å²) in [6, 6.07) is 8.58. The van der Waals surface area contributed by atoms with E-state index in [-0.39, 0.29) is 11.7 Å². The maximum atomic E-state index is 11.7. The molecule has 0 aliphatic carbocycles. The number of anilines is 1. The number of carbonyl (C=O) groups excluding carboxylic acids is 1. The number of benzene rings is 1. The van der Waals surface area contributed by atoms with Crippen molar-refractivity contribution in [3.05, 3.63) is 46.8 Å². The number of nitrogens with one attached hydrogen (secondary N) is 1. The first-order valence-electron chi connectivity index (χ1n) is 4.88. The number of rotatable bonds is 3. The lowest BCUT2D eigenvalue weighted by molar-refractivity contribution is 0.0996. The fraction of sp³-hybridized carbons (Fsp3) is 0.0833. The summed E-state index contributed by atoms with van der Waals surface area (Å²) in [7, 11) is 1.57. The molecule has 0 saturated heterocycles. The molecule has 2 aromatic rings. The average molecular weight is 296 g/mol. The number of methoxy groups -OCH3 is 1. The molecular weight excluding hydrogens is 286 g/mol. The normalized spacial score (nSPS) is 10.0. The first kappa shape index (κ1) is 11.7. The lowest BCUT2D eigenvalue weighted by atomic mass is 10.3. The molecule has 0 aliphatic heterocycles. The minimum atomic E-state index is -0.296. The number of hydrogen-bond donors (Lipinski definition) is 1. The van der Waals surface area contributed by atoms with Crippen LogP contribution in [-0.4, -0.2) is 13.0 Å². The van der Waals surface area contributed by atoms with Crippen molar-refractivity contribution in [2.45, 2.75) is 0 Å². The summed E-state index contributed by atoms with van der Waals surface area (Å²) >= 11 is 3.34. The van der Waals surface area contributed by atoms with Crippen molar-refractivity contribution < 1.29 is 13.9 Å². The highest BCUT2D eigenvalue weighted by molar-refractivity contribution is 9.10. The largest absolute Gasteiger partial charge is 0.497 e. The Kier molecular flexibility index (Phi) is 3.49. The van der Waals surface area contributed by atoms with E-state index in [4.69, 9.17) is 9.15 Å². The Morgan fingerprint density at radius 1 is 1.41 bits per heavy atom. The van der Waals surface area contributed by atoms with Gasteiger partial charge >= 0.3 is 0 Å². The van der Waals surface area contributed by atoms with Gasteiger partial charge in [0.25, 0.3) is 5.91 Å². The number of halogens is 1. The molecule has 0 atom stereocenters. The monoisotopic (exact) mass is 295 g/mol. The van der Waals surface area contributed by atoms with Crippen molar-refractivity contribution in [1.29, 1.82) is 0 Å². The van der Waals surface area contributed by atoms with Crippen molar-refractivity contribution in [3.8, 4) is 5.75 Å². The molecule has 0 fully saturated rings. The summed E-state index contributed by atoms with van der Waals surface area (Å²) < 4.78 is 10.9. The maximum absolute atomic E-state index is 11.7. The SMILES string of the molecule is COc1cc(Br)cc(NC(=O)c2ccco2)c1. The molecule has 0 bridgehead atoms. The van der Waals surface area contributed by atoms with Crippen LogP contribution in [0.2, 0.25) is 0 Å². The van der Waals surface area contributed by atoms with E-state index in [9.17, 15) is 4.79 Å². The summed E-state index contributed by atoms with van der Waals surface area (Å²) in [6.07, 6.45) is 1.45. The Morgan fingerprint density at radius 2 is 2.24 bits per heavy atom. The van der Waals surface area contributed by atoms with E-state index in [1.165, 1.54) is 6.26 Å². The van der Waals surface area contributed by atoms with Crippen molar-refractivity contribution in [3.63, 3.8) is 0 Å². The number of hydrogen-bond acceptors (Lipinski definition) is 3. The van der Waals surface area contributed by atoms with Crippen molar-refractivity contribution in [2.75, 3.05) is 12.4 Å². The van der Waals surface area contributed by atoms with E-state index in [2.05, 4.69) is 21.2 Å². The Bertz CT molecular complexity index is 523. The third-order valence-corrected chi connectivity index (χ3v) is 2.57. The first-order valence-corrected chi connectivity index (χ1v) is 5.68. The van der Waals surface area contributed by atoms with E-state index < -0.39 is 0 Å². The van der Waals surface area contributed by atoms with Crippen molar-refractivity contribution >= 4 is 27.5 Å². The number of carbonyl (C=O) groups is 1. The molecule has 5 heteroatoms. The summed E-state index contributed by atoms with van der Waals surface area (Å²) in [5.74, 6) is 0.633. The standard InChI is InChI=1S/C12H10BrNO3/c1-16-10-6-8(13)5-9(7-10)14-12(15)11-3-2-4-17-11/h2-7H,1H3,(H,14,15). The van der Waals surface area contributed by atoms with E-state index >= 15 is 0 Å². The van der Waals surface area contributed by atoms with Gasteiger partial charge in [-0.1, -0.05) is 15.9 Å². The quantitative estimate of drug-likeness (QED) is 0.945. The minimum absolute atomic E-state index is 0.268. The van der Waals surface area contributed by atoms with Crippen LogP contribution in [0.25, 0.3) is 0 Å². The number of ether oxygens (including phenoxy) is 1. The molecule has 1 heterocycles. The van der Waals surface area contributed by atoms with Gasteiger partial charge in [-0.3, -0.25) is 4.79 Å². The number of amides is 1. The van der Waals surface area contributed by atoms with E-state index in [1.807, 2.05) is 6.07 Å². The second-order valence-corrected chi connectivity index (χ2v) is 4.23. The van der Waals surface area contributed by atoms with Crippen LogP contribution >= 0.6 is 15.9 Å². The van der Waals surface area contributed by atoms with Crippen LogP contribution < -0.4 is 10.1 Å². The minimum Gasteiger partial charge on any atom is -0.497 e. The summed E-state index contributed by atoms with van der Waals surface area (Å²) in [4.78, 5) is 11.7. The van der Waals surface area contributed by atoms with Crippen LogP contribution in [0.1, 0.15) is 10.6 Å². The van der Waals surface area contributed by atoms with Crippen LogP contribution in [0.5, 0.6) is 5.75 Å². The van der Waals surface area contributed by atoms with E-state index in [0.29, 0.717) is 11.4 Å². The van der Waals surface area contributed by atoms with Gasteiger partial charge in [-0.2, -0.15) is 0 Å². The van der Waals surface area contributed by atoms with Gasteiger partial charge in [0.2, 0.25) is 0 Å². The molecule has 17 heavy (non-hydrogen) atoms. The molecule has 0 radical (unpaired) electrons. The highest BCUT2D eigenvalue weighted by Crippen LogP contribution is 2.24. The van der Waals surface area contributed by atoms with Crippen molar-refractivity contribution in [1.82, 2.24) is 0 Å². The van der Waals surface area contributed by atoms with Gasteiger partial charge in [0.15, 0.2) is 5.76 Å². The topological polar surface area (TPSA) is 51.5 Å². The molecule has 88 valence electrons. The molecule has 0 saturated carbocycles. The highest BCUT2D eigenvalue weighted by Gasteiger charge is 2.09. The second-order valence-electron chi connectivity index (χ2n) is 3.31. The molecule has 1 aromatic carbocycles. The molecule has 1 N–H and O–H groups in total. The zero-order valence-electron chi connectivity index (χ0n) is 9.07.